The number of ether oxygens (including phenoxy) is 1. The molecule has 2 heterocycles. The average molecular weight is 411 g/mol. The Hall–Kier alpha value is -4.19. The van der Waals surface area contributed by atoms with Gasteiger partial charge in [0.2, 0.25) is 0 Å². The number of fused-ring (bicyclic) bond motifs is 2. The van der Waals surface area contributed by atoms with Crippen LogP contribution in [0.15, 0.2) is 88.1 Å². The fourth-order valence-electron chi connectivity index (χ4n) is 3.73. The lowest BCUT2D eigenvalue weighted by atomic mass is 9.93. The normalized spacial score (nSPS) is 15.2. The van der Waals surface area contributed by atoms with Gasteiger partial charge in [-0.1, -0.05) is 30.3 Å². The number of hydrogen-bond acceptors (Lipinski definition) is 5. The Morgan fingerprint density at radius 2 is 1.71 bits per heavy atom. The molecule has 1 N–H and O–H groups in total. The molecule has 4 aromatic rings. The predicted octanol–water partition coefficient (Wildman–Crippen LogP) is 4.50. The van der Waals surface area contributed by atoms with Gasteiger partial charge in [0.1, 0.15) is 11.7 Å². The van der Waals surface area contributed by atoms with Crippen LogP contribution in [0.1, 0.15) is 37.9 Å². The molecule has 0 radical (unpaired) electrons. The minimum Gasteiger partial charge on any atom is -0.454 e. The van der Waals surface area contributed by atoms with Crippen molar-refractivity contribution in [2.45, 2.75) is 12.5 Å². The van der Waals surface area contributed by atoms with Gasteiger partial charge in [-0.25, -0.2) is 9.59 Å². The molecule has 1 atom stereocenters. The molecule has 0 aliphatic carbocycles. The Balaban J connectivity index is 1.41. The Morgan fingerprint density at radius 3 is 2.55 bits per heavy atom. The van der Waals surface area contributed by atoms with Gasteiger partial charge < -0.3 is 14.5 Å². The fourth-order valence-corrected chi connectivity index (χ4v) is 3.73. The van der Waals surface area contributed by atoms with E-state index in [9.17, 15) is 14.4 Å². The zero-order valence-corrected chi connectivity index (χ0v) is 16.3. The number of benzene rings is 3. The van der Waals surface area contributed by atoms with Gasteiger partial charge in [0, 0.05) is 35.2 Å². The van der Waals surface area contributed by atoms with E-state index in [0.717, 1.165) is 16.5 Å². The number of carbonyl (C=O) groups excluding carboxylic acids is 2. The summed E-state index contributed by atoms with van der Waals surface area (Å²) < 4.78 is 10.7. The largest absolute Gasteiger partial charge is 0.454 e. The van der Waals surface area contributed by atoms with E-state index in [1.807, 2.05) is 30.3 Å². The standard InChI is InChI=1S/C25H17NO5/c27-23-11-8-16-6-9-19(14-22(16)30-23)26-24(28)17-7-10-20-18(12-17)13-21(31-25(20)29)15-4-2-1-3-5-15/h1-12,14,21H,13H2,(H,26,28). The number of anilines is 1. The molecule has 1 amide bonds. The first-order valence-electron chi connectivity index (χ1n) is 9.81. The Kier molecular flexibility index (Phi) is 4.59. The van der Waals surface area contributed by atoms with Gasteiger partial charge in [-0.3, -0.25) is 4.79 Å². The smallest absolute Gasteiger partial charge is 0.339 e. The highest BCUT2D eigenvalue weighted by Crippen LogP contribution is 2.31. The number of hydrogen-bond donors (Lipinski definition) is 1. The molecule has 152 valence electrons. The number of amides is 1. The number of cyclic esters (lactones) is 1. The molecule has 5 rings (SSSR count). The molecule has 0 fully saturated rings. The van der Waals surface area contributed by atoms with Crippen molar-refractivity contribution in [2.75, 3.05) is 5.32 Å². The summed E-state index contributed by atoms with van der Waals surface area (Å²) in [5, 5.41) is 3.57. The lowest BCUT2D eigenvalue weighted by Gasteiger charge is -2.25. The number of esters is 1. The van der Waals surface area contributed by atoms with Crippen LogP contribution in [-0.2, 0) is 11.2 Å². The molecule has 6 nitrogen and oxygen atoms in total. The van der Waals surface area contributed by atoms with Crippen molar-refractivity contribution in [3.8, 4) is 0 Å². The molecule has 0 saturated carbocycles. The maximum Gasteiger partial charge on any atom is 0.339 e. The van der Waals surface area contributed by atoms with Gasteiger partial charge in [-0.15, -0.1) is 0 Å². The first kappa shape index (κ1) is 18.8. The first-order chi connectivity index (χ1) is 15.1. The Labute approximate surface area is 177 Å². The van der Waals surface area contributed by atoms with E-state index in [1.54, 1.807) is 42.5 Å². The van der Waals surface area contributed by atoms with E-state index in [-0.39, 0.29) is 12.0 Å². The Bertz CT molecular complexity index is 1370. The van der Waals surface area contributed by atoms with Crippen LogP contribution >= 0.6 is 0 Å². The second-order valence-corrected chi connectivity index (χ2v) is 7.34. The topological polar surface area (TPSA) is 85.6 Å². The molecule has 0 bridgehead atoms. The summed E-state index contributed by atoms with van der Waals surface area (Å²) in [4.78, 5) is 36.7. The minimum atomic E-state index is -0.453. The maximum absolute atomic E-state index is 12.8. The molecule has 1 aliphatic heterocycles. The van der Waals surface area contributed by atoms with Crippen LogP contribution < -0.4 is 10.9 Å². The third-order valence-electron chi connectivity index (χ3n) is 5.29. The quantitative estimate of drug-likeness (QED) is 0.396. The monoisotopic (exact) mass is 411 g/mol. The molecule has 1 aliphatic rings. The van der Waals surface area contributed by atoms with Gasteiger partial charge in [-0.2, -0.15) is 0 Å². The molecule has 1 aromatic heterocycles. The second-order valence-electron chi connectivity index (χ2n) is 7.34. The summed E-state index contributed by atoms with van der Waals surface area (Å²) in [6, 6.07) is 22.6. The van der Waals surface area contributed by atoms with Crippen molar-refractivity contribution in [3.63, 3.8) is 0 Å². The predicted molar refractivity (Wildman–Crippen MR) is 115 cm³/mol. The zero-order chi connectivity index (χ0) is 21.4. The van der Waals surface area contributed by atoms with E-state index in [0.29, 0.717) is 28.8 Å². The molecular formula is C25H17NO5. The average Bonchev–Trinajstić information content (AvgIpc) is 2.79. The van der Waals surface area contributed by atoms with E-state index in [2.05, 4.69) is 5.32 Å². The van der Waals surface area contributed by atoms with E-state index < -0.39 is 11.6 Å². The molecule has 31 heavy (non-hydrogen) atoms. The summed E-state index contributed by atoms with van der Waals surface area (Å²) in [6.45, 7) is 0. The molecule has 1 unspecified atom stereocenters. The highest BCUT2D eigenvalue weighted by molar-refractivity contribution is 6.06. The van der Waals surface area contributed by atoms with E-state index in [1.165, 1.54) is 6.07 Å². The van der Waals surface area contributed by atoms with Gasteiger partial charge in [0.25, 0.3) is 5.91 Å². The van der Waals surface area contributed by atoms with Crippen LogP contribution in [0.2, 0.25) is 0 Å². The zero-order valence-electron chi connectivity index (χ0n) is 16.3. The Morgan fingerprint density at radius 1 is 0.903 bits per heavy atom. The fraction of sp³-hybridized carbons (Fsp3) is 0.0800. The van der Waals surface area contributed by atoms with Crippen LogP contribution in [0.5, 0.6) is 0 Å². The lowest BCUT2D eigenvalue weighted by molar-refractivity contribution is 0.0252. The maximum atomic E-state index is 12.8. The summed E-state index contributed by atoms with van der Waals surface area (Å²) in [5.74, 6) is -0.720. The van der Waals surface area contributed by atoms with Crippen molar-refractivity contribution < 1.29 is 18.7 Å². The van der Waals surface area contributed by atoms with Gasteiger partial charge in [0.05, 0.1) is 5.56 Å². The molecular weight excluding hydrogens is 394 g/mol. The second kappa shape index (κ2) is 7.57. The van der Waals surface area contributed by atoms with Crippen LogP contribution in [0, 0.1) is 0 Å². The van der Waals surface area contributed by atoms with Gasteiger partial charge >= 0.3 is 11.6 Å². The molecule has 0 spiro atoms. The van der Waals surface area contributed by atoms with Crippen LogP contribution in [-0.4, -0.2) is 11.9 Å². The number of nitrogens with one attached hydrogen (secondary N) is 1. The van der Waals surface area contributed by atoms with Gasteiger partial charge in [0.15, 0.2) is 0 Å². The first-order valence-corrected chi connectivity index (χ1v) is 9.81. The van der Waals surface area contributed by atoms with Crippen LogP contribution in [0.3, 0.4) is 0 Å². The van der Waals surface area contributed by atoms with Crippen molar-refractivity contribution in [1.29, 1.82) is 0 Å². The summed E-state index contributed by atoms with van der Waals surface area (Å²) >= 11 is 0. The summed E-state index contributed by atoms with van der Waals surface area (Å²) in [6.07, 6.45) is 0.107. The van der Waals surface area contributed by atoms with Gasteiger partial charge in [-0.05, 0) is 47.5 Å². The van der Waals surface area contributed by atoms with Crippen molar-refractivity contribution in [3.05, 3.63) is 112 Å². The number of rotatable bonds is 3. The number of carbonyl (C=O) groups is 2. The minimum absolute atomic E-state index is 0.323. The van der Waals surface area contributed by atoms with Crippen LogP contribution in [0.25, 0.3) is 11.0 Å². The molecule has 3 aromatic carbocycles. The van der Waals surface area contributed by atoms with Crippen LogP contribution in [0.4, 0.5) is 5.69 Å². The highest BCUT2D eigenvalue weighted by atomic mass is 16.5. The third kappa shape index (κ3) is 3.71. The highest BCUT2D eigenvalue weighted by Gasteiger charge is 2.28. The SMILES string of the molecule is O=C(Nc1ccc2ccc(=O)oc2c1)c1ccc2c(c1)CC(c1ccccc1)OC2=O. The van der Waals surface area contributed by atoms with Crippen molar-refractivity contribution >= 4 is 28.5 Å². The molecule has 6 heteroatoms. The van der Waals surface area contributed by atoms with Crippen molar-refractivity contribution in [1.82, 2.24) is 0 Å². The lowest BCUT2D eigenvalue weighted by Crippen LogP contribution is -2.23. The van der Waals surface area contributed by atoms with Crippen molar-refractivity contribution in [2.24, 2.45) is 0 Å². The molecule has 0 saturated heterocycles. The van der Waals surface area contributed by atoms with E-state index >= 15 is 0 Å². The third-order valence-corrected chi connectivity index (χ3v) is 5.29. The summed E-state index contributed by atoms with van der Waals surface area (Å²) in [7, 11) is 0. The van der Waals surface area contributed by atoms with E-state index in [4.69, 9.17) is 9.15 Å². The summed E-state index contributed by atoms with van der Waals surface area (Å²) in [5.41, 5.74) is 3.02.